The molecule has 0 spiro atoms. The SMILES string of the molecule is CNCC(=O)c1ccnc(C=O)c1. The molecule has 0 aromatic carbocycles. The van der Waals surface area contributed by atoms with Crippen LogP contribution in [-0.4, -0.2) is 30.6 Å². The number of aldehydes is 1. The van der Waals surface area contributed by atoms with Gasteiger partial charge in [0, 0.05) is 11.8 Å². The third kappa shape index (κ3) is 2.45. The number of hydrogen-bond donors (Lipinski definition) is 1. The maximum absolute atomic E-state index is 11.3. The summed E-state index contributed by atoms with van der Waals surface area (Å²) in [6, 6.07) is 3.07. The van der Waals surface area contributed by atoms with Crippen LogP contribution in [0.3, 0.4) is 0 Å². The summed E-state index contributed by atoms with van der Waals surface area (Å²) in [6.07, 6.45) is 2.07. The topological polar surface area (TPSA) is 59.1 Å². The average Bonchev–Trinajstić information content (AvgIpc) is 2.18. The van der Waals surface area contributed by atoms with E-state index in [1.807, 2.05) is 0 Å². The number of carbonyl (C=O) groups excluding carboxylic acids is 2. The van der Waals surface area contributed by atoms with Crippen molar-refractivity contribution in [2.24, 2.45) is 0 Å². The third-order valence-electron chi connectivity index (χ3n) is 1.56. The van der Waals surface area contributed by atoms with Crippen molar-refractivity contribution in [1.29, 1.82) is 0 Å². The van der Waals surface area contributed by atoms with E-state index in [0.717, 1.165) is 0 Å². The molecule has 1 heterocycles. The van der Waals surface area contributed by atoms with Crippen molar-refractivity contribution >= 4 is 12.1 Å². The van der Waals surface area contributed by atoms with Crippen LogP contribution in [0.2, 0.25) is 0 Å². The molecule has 0 aliphatic carbocycles. The van der Waals surface area contributed by atoms with Crippen molar-refractivity contribution < 1.29 is 9.59 Å². The standard InChI is InChI=1S/C9H10N2O2/c1-10-5-9(13)7-2-3-11-8(4-7)6-12/h2-4,6,10H,5H2,1H3. The molecule has 1 rings (SSSR count). The molecule has 0 bridgehead atoms. The predicted octanol–water partition coefficient (Wildman–Crippen LogP) is 0.296. The molecule has 0 aliphatic rings. The van der Waals surface area contributed by atoms with E-state index < -0.39 is 0 Å². The predicted molar refractivity (Wildman–Crippen MR) is 47.9 cm³/mol. The number of pyridine rings is 1. The summed E-state index contributed by atoms with van der Waals surface area (Å²) in [7, 11) is 1.69. The summed E-state index contributed by atoms with van der Waals surface area (Å²) in [4.78, 5) is 25.4. The Kier molecular flexibility index (Phi) is 3.28. The maximum Gasteiger partial charge on any atom is 0.176 e. The first-order chi connectivity index (χ1) is 6.27. The van der Waals surface area contributed by atoms with Gasteiger partial charge in [-0.1, -0.05) is 0 Å². The van der Waals surface area contributed by atoms with Crippen LogP contribution < -0.4 is 5.32 Å². The van der Waals surface area contributed by atoms with Crippen molar-refractivity contribution in [1.82, 2.24) is 10.3 Å². The molecule has 1 aromatic heterocycles. The summed E-state index contributed by atoms with van der Waals surface area (Å²) >= 11 is 0. The Balaban J connectivity index is 2.88. The summed E-state index contributed by atoms with van der Waals surface area (Å²) in [6.45, 7) is 0.266. The molecule has 0 radical (unpaired) electrons. The lowest BCUT2D eigenvalue weighted by Gasteiger charge is -1.99. The minimum Gasteiger partial charge on any atom is -0.313 e. The first-order valence-corrected chi connectivity index (χ1v) is 3.87. The van der Waals surface area contributed by atoms with Gasteiger partial charge in [0.1, 0.15) is 5.69 Å². The minimum absolute atomic E-state index is 0.0481. The van der Waals surface area contributed by atoms with E-state index in [1.165, 1.54) is 12.3 Å². The molecule has 13 heavy (non-hydrogen) atoms. The molecule has 4 nitrogen and oxygen atoms in total. The molecule has 4 heteroatoms. The van der Waals surface area contributed by atoms with Crippen LogP contribution in [0.1, 0.15) is 20.8 Å². The van der Waals surface area contributed by atoms with Gasteiger partial charge in [-0.05, 0) is 19.2 Å². The highest BCUT2D eigenvalue weighted by molar-refractivity contribution is 5.98. The lowest BCUT2D eigenvalue weighted by molar-refractivity contribution is 0.0993. The molecular formula is C9H10N2O2. The van der Waals surface area contributed by atoms with E-state index in [2.05, 4.69) is 10.3 Å². The summed E-state index contributed by atoms with van der Waals surface area (Å²) in [5.74, 6) is -0.0481. The van der Waals surface area contributed by atoms with E-state index in [-0.39, 0.29) is 18.0 Å². The van der Waals surface area contributed by atoms with Gasteiger partial charge in [0.25, 0.3) is 0 Å². The lowest BCUT2D eigenvalue weighted by Crippen LogP contribution is -2.18. The fraction of sp³-hybridized carbons (Fsp3) is 0.222. The zero-order chi connectivity index (χ0) is 9.68. The van der Waals surface area contributed by atoms with Crippen LogP contribution in [-0.2, 0) is 0 Å². The molecule has 1 aromatic rings. The minimum atomic E-state index is -0.0481. The lowest BCUT2D eigenvalue weighted by atomic mass is 10.1. The van der Waals surface area contributed by atoms with Crippen LogP contribution in [0.15, 0.2) is 18.3 Å². The summed E-state index contributed by atoms with van der Waals surface area (Å²) in [5.41, 5.74) is 0.786. The first kappa shape index (κ1) is 9.54. The first-order valence-electron chi connectivity index (χ1n) is 3.87. The van der Waals surface area contributed by atoms with Crippen LogP contribution >= 0.6 is 0 Å². The fourth-order valence-corrected chi connectivity index (χ4v) is 0.949. The van der Waals surface area contributed by atoms with Crippen LogP contribution in [0, 0.1) is 0 Å². The normalized spacial score (nSPS) is 9.62. The van der Waals surface area contributed by atoms with E-state index >= 15 is 0 Å². The Labute approximate surface area is 76.0 Å². The van der Waals surface area contributed by atoms with E-state index in [4.69, 9.17) is 0 Å². The quantitative estimate of drug-likeness (QED) is 0.532. The van der Waals surface area contributed by atoms with Crippen LogP contribution in [0.4, 0.5) is 0 Å². The van der Waals surface area contributed by atoms with Crippen molar-refractivity contribution in [2.45, 2.75) is 0 Å². The van der Waals surface area contributed by atoms with Gasteiger partial charge in [0.2, 0.25) is 0 Å². The second kappa shape index (κ2) is 4.47. The van der Waals surface area contributed by atoms with Crippen molar-refractivity contribution in [3.05, 3.63) is 29.6 Å². The molecular weight excluding hydrogens is 168 g/mol. The highest BCUT2D eigenvalue weighted by Crippen LogP contribution is 2.00. The molecule has 0 saturated carbocycles. The molecule has 0 atom stereocenters. The number of nitrogens with one attached hydrogen (secondary N) is 1. The van der Waals surface area contributed by atoms with Gasteiger partial charge in [-0.15, -0.1) is 0 Å². The highest BCUT2D eigenvalue weighted by atomic mass is 16.1. The zero-order valence-corrected chi connectivity index (χ0v) is 7.28. The van der Waals surface area contributed by atoms with E-state index in [1.54, 1.807) is 13.1 Å². The molecule has 0 amide bonds. The van der Waals surface area contributed by atoms with E-state index in [0.29, 0.717) is 11.8 Å². The van der Waals surface area contributed by atoms with Gasteiger partial charge >= 0.3 is 0 Å². The average molecular weight is 178 g/mol. The van der Waals surface area contributed by atoms with Gasteiger partial charge in [-0.2, -0.15) is 0 Å². The number of carbonyl (C=O) groups is 2. The highest BCUT2D eigenvalue weighted by Gasteiger charge is 2.04. The number of ketones is 1. The number of rotatable bonds is 4. The number of likely N-dealkylation sites (N-methyl/N-ethyl adjacent to an activating group) is 1. The molecule has 0 saturated heterocycles. The number of hydrogen-bond acceptors (Lipinski definition) is 4. The largest absolute Gasteiger partial charge is 0.313 e. The van der Waals surface area contributed by atoms with Crippen molar-refractivity contribution in [2.75, 3.05) is 13.6 Å². The summed E-state index contributed by atoms with van der Waals surface area (Å²) < 4.78 is 0. The van der Waals surface area contributed by atoms with Gasteiger partial charge in [-0.25, -0.2) is 0 Å². The van der Waals surface area contributed by atoms with Gasteiger partial charge < -0.3 is 5.32 Å². The molecule has 0 fully saturated rings. The molecule has 1 N–H and O–H groups in total. The molecule has 0 aliphatic heterocycles. The number of Topliss-reactive ketones (excluding diaryl/α,β-unsaturated/α-hetero) is 1. The Hall–Kier alpha value is -1.55. The second-order valence-corrected chi connectivity index (χ2v) is 2.54. The van der Waals surface area contributed by atoms with Crippen LogP contribution in [0.5, 0.6) is 0 Å². The molecule has 68 valence electrons. The fourth-order valence-electron chi connectivity index (χ4n) is 0.949. The van der Waals surface area contributed by atoms with Crippen molar-refractivity contribution in [3.8, 4) is 0 Å². The van der Waals surface area contributed by atoms with Crippen molar-refractivity contribution in [3.63, 3.8) is 0 Å². The Bertz CT molecular complexity index is 323. The number of aromatic nitrogens is 1. The second-order valence-electron chi connectivity index (χ2n) is 2.54. The van der Waals surface area contributed by atoms with Crippen LogP contribution in [0.25, 0.3) is 0 Å². The monoisotopic (exact) mass is 178 g/mol. The summed E-state index contributed by atoms with van der Waals surface area (Å²) in [5, 5.41) is 2.75. The van der Waals surface area contributed by atoms with Gasteiger partial charge in [-0.3, -0.25) is 14.6 Å². The zero-order valence-electron chi connectivity index (χ0n) is 7.28. The Morgan fingerprint density at radius 3 is 3.08 bits per heavy atom. The Morgan fingerprint density at radius 2 is 2.46 bits per heavy atom. The number of nitrogens with zero attached hydrogens (tertiary/aromatic N) is 1. The maximum atomic E-state index is 11.3. The smallest absolute Gasteiger partial charge is 0.176 e. The van der Waals surface area contributed by atoms with E-state index in [9.17, 15) is 9.59 Å². The third-order valence-corrected chi connectivity index (χ3v) is 1.56. The van der Waals surface area contributed by atoms with Gasteiger partial charge in [0.15, 0.2) is 12.1 Å². The molecule has 0 unspecified atom stereocenters. The Morgan fingerprint density at radius 1 is 1.69 bits per heavy atom. The van der Waals surface area contributed by atoms with Gasteiger partial charge in [0.05, 0.1) is 6.54 Å².